The van der Waals surface area contributed by atoms with E-state index in [-0.39, 0.29) is 0 Å². The summed E-state index contributed by atoms with van der Waals surface area (Å²) < 4.78 is 7.36. The van der Waals surface area contributed by atoms with Gasteiger partial charge in [0.2, 0.25) is 0 Å². The average molecular weight is 294 g/mol. The summed E-state index contributed by atoms with van der Waals surface area (Å²) in [5.74, 6) is 0.703. The summed E-state index contributed by atoms with van der Waals surface area (Å²) in [5, 5.41) is 15.6. The monoisotopic (exact) mass is 294 g/mol. The van der Waals surface area contributed by atoms with E-state index in [0.717, 1.165) is 31.7 Å². The van der Waals surface area contributed by atoms with Gasteiger partial charge in [-0.2, -0.15) is 5.10 Å². The van der Waals surface area contributed by atoms with Crippen LogP contribution in [-0.2, 0) is 12.1 Å². The molecule has 0 radical (unpaired) electrons. The Morgan fingerprint density at radius 1 is 1.48 bits per heavy atom. The van der Waals surface area contributed by atoms with E-state index in [1.807, 2.05) is 18.8 Å². The Labute approximate surface area is 126 Å². The molecule has 1 atom stereocenters. The van der Waals surface area contributed by atoms with Crippen molar-refractivity contribution in [3.8, 4) is 5.75 Å². The van der Waals surface area contributed by atoms with Crippen molar-refractivity contribution >= 4 is 0 Å². The Morgan fingerprint density at radius 3 is 2.86 bits per heavy atom. The molecule has 1 aromatic rings. The fourth-order valence-electron chi connectivity index (χ4n) is 3.22. The first-order chi connectivity index (χ1) is 10.0. The normalized spacial score (nSPS) is 26.7. The van der Waals surface area contributed by atoms with Crippen LogP contribution in [0.1, 0.15) is 25.0 Å². The second-order valence-electron chi connectivity index (χ2n) is 6.57. The average Bonchev–Trinajstić information content (AvgIpc) is 3.08. The highest BCUT2D eigenvalue weighted by atomic mass is 16.5. The molecule has 21 heavy (non-hydrogen) atoms. The predicted octanol–water partition coefficient (Wildman–Crippen LogP) is 0.509. The number of aromatic nitrogens is 2. The van der Waals surface area contributed by atoms with Crippen LogP contribution in [0.2, 0.25) is 0 Å². The number of likely N-dealkylation sites (N-methyl/N-ethyl adjacent to an activating group) is 1. The van der Waals surface area contributed by atoms with E-state index in [9.17, 15) is 5.11 Å². The van der Waals surface area contributed by atoms with Crippen molar-refractivity contribution in [1.29, 1.82) is 0 Å². The zero-order valence-electron chi connectivity index (χ0n) is 13.2. The molecule has 0 bridgehead atoms. The topological polar surface area (TPSA) is 53.8 Å². The fourth-order valence-corrected chi connectivity index (χ4v) is 3.22. The molecule has 118 valence electrons. The zero-order valence-corrected chi connectivity index (χ0v) is 13.2. The second-order valence-corrected chi connectivity index (χ2v) is 6.57. The van der Waals surface area contributed by atoms with Crippen LogP contribution in [0.5, 0.6) is 5.75 Å². The molecule has 1 unspecified atom stereocenters. The van der Waals surface area contributed by atoms with E-state index >= 15 is 0 Å². The third kappa shape index (κ3) is 2.93. The van der Waals surface area contributed by atoms with Crippen molar-refractivity contribution < 1.29 is 9.84 Å². The quantitative estimate of drug-likeness (QED) is 0.828. The maximum Gasteiger partial charge on any atom is 0.162 e. The van der Waals surface area contributed by atoms with Gasteiger partial charge in [0, 0.05) is 25.7 Å². The van der Waals surface area contributed by atoms with Crippen LogP contribution < -0.4 is 4.74 Å². The number of methoxy groups -OCH3 is 1. The lowest BCUT2D eigenvalue weighted by Gasteiger charge is -2.26. The van der Waals surface area contributed by atoms with Gasteiger partial charge in [-0.25, -0.2) is 0 Å². The summed E-state index contributed by atoms with van der Waals surface area (Å²) in [6.07, 6.45) is 5.02. The molecule has 1 N–H and O–H groups in total. The molecular formula is C15H26N4O2. The van der Waals surface area contributed by atoms with Gasteiger partial charge in [-0.05, 0) is 33.4 Å². The van der Waals surface area contributed by atoms with Gasteiger partial charge >= 0.3 is 0 Å². The molecule has 0 amide bonds. The first-order valence-electron chi connectivity index (χ1n) is 7.75. The van der Waals surface area contributed by atoms with E-state index in [2.05, 4.69) is 14.9 Å². The minimum atomic E-state index is -0.837. The minimum Gasteiger partial charge on any atom is -0.493 e. The van der Waals surface area contributed by atoms with Crippen LogP contribution in [0.3, 0.4) is 0 Å². The van der Waals surface area contributed by atoms with Crippen LogP contribution in [-0.4, -0.2) is 71.6 Å². The van der Waals surface area contributed by atoms with Gasteiger partial charge in [-0.15, -0.1) is 0 Å². The zero-order chi connectivity index (χ0) is 15.0. The summed E-state index contributed by atoms with van der Waals surface area (Å²) in [5.41, 5.74) is 0.00603. The van der Waals surface area contributed by atoms with Gasteiger partial charge in [0.25, 0.3) is 0 Å². The maximum absolute atomic E-state index is 11.2. The van der Waals surface area contributed by atoms with Crippen LogP contribution >= 0.6 is 0 Å². The lowest BCUT2D eigenvalue weighted by Crippen LogP contribution is -2.35. The van der Waals surface area contributed by atoms with Crippen molar-refractivity contribution in [1.82, 2.24) is 19.6 Å². The number of likely N-dealkylation sites (tertiary alicyclic amines) is 1. The highest BCUT2D eigenvalue weighted by molar-refractivity contribution is 5.32. The number of β-amino-alcohol motifs (C(OH)–C–C–N with tert-alkyl or cyclic N) is 1. The van der Waals surface area contributed by atoms with Gasteiger partial charge in [-0.3, -0.25) is 9.58 Å². The summed E-state index contributed by atoms with van der Waals surface area (Å²) in [7, 11) is 5.73. The number of nitrogens with zero attached hydrogens (tertiary/aromatic N) is 4. The molecule has 3 rings (SSSR count). The molecule has 1 saturated carbocycles. The van der Waals surface area contributed by atoms with Gasteiger partial charge < -0.3 is 14.7 Å². The SMILES string of the molecule is COc1cnn(CCN(C)C)c1C1(O)CCN(C2CC2)C1. The van der Waals surface area contributed by atoms with Crippen LogP contribution in [0.25, 0.3) is 0 Å². The lowest BCUT2D eigenvalue weighted by molar-refractivity contribution is 0.0332. The second kappa shape index (κ2) is 5.59. The number of rotatable bonds is 6. The van der Waals surface area contributed by atoms with Gasteiger partial charge in [0.1, 0.15) is 11.3 Å². The van der Waals surface area contributed by atoms with Crippen LogP contribution in [0.4, 0.5) is 0 Å². The Morgan fingerprint density at radius 2 is 2.24 bits per heavy atom. The maximum atomic E-state index is 11.2. The Bertz CT molecular complexity index is 498. The smallest absolute Gasteiger partial charge is 0.162 e. The number of aliphatic hydroxyl groups is 1. The van der Waals surface area contributed by atoms with E-state index < -0.39 is 5.60 Å². The molecule has 6 nitrogen and oxygen atoms in total. The molecule has 1 aliphatic carbocycles. The summed E-state index contributed by atoms with van der Waals surface area (Å²) in [4.78, 5) is 4.52. The van der Waals surface area contributed by atoms with Crippen molar-refractivity contribution in [3.63, 3.8) is 0 Å². The number of hydrogen-bond acceptors (Lipinski definition) is 5. The molecule has 0 aromatic carbocycles. The number of ether oxygens (including phenoxy) is 1. The van der Waals surface area contributed by atoms with Gasteiger partial charge in [0.05, 0.1) is 19.9 Å². The molecule has 0 spiro atoms. The molecular weight excluding hydrogens is 268 g/mol. The Balaban J connectivity index is 1.83. The molecule has 6 heteroatoms. The van der Waals surface area contributed by atoms with Crippen molar-refractivity contribution in [3.05, 3.63) is 11.9 Å². The lowest BCUT2D eigenvalue weighted by atomic mass is 9.98. The molecule has 2 fully saturated rings. The van der Waals surface area contributed by atoms with E-state index in [0.29, 0.717) is 18.3 Å². The summed E-state index contributed by atoms with van der Waals surface area (Å²) >= 11 is 0. The third-order valence-corrected chi connectivity index (χ3v) is 4.57. The third-order valence-electron chi connectivity index (χ3n) is 4.57. The molecule has 1 saturated heterocycles. The van der Waals surface area contributed by atoms with Crippen LogP contribution in [0.15, 0.2) is 6.20 Å². The van der Waals surface area contributed by atoms with Gasteiger partial charge in [-0.1, -0.05) is 0 Å². The fraction of sp³-hybridized carbons (Fsp3) is 0.800. The number of hydrogen-bond donors (Lipinski definition) is 1. The largest absolute Gasteiger partial charge is 0.493 e. The van der Waals surface area contributed by atoms with Crippen molar-refractivity contribution in [2.75, 3.05) is 40.8 Å². The van der Waals surface area contributed by atoms with E-state index in [1.54, 1.807) is 13.3 Å². The Kier molecular flexibility index (Phi) is 3.94. The first kappa shape index (κ1) is 14.8. The standard InChI is InChI=1S/C15H26N4O2/c1-17(2)8-9-19-14(13(21-3)10-16-19)15(20)6-7-18(11-15)12-4-5-12/h10,12,20H,4-9,11H2,1-3H3. The molecule has 1 aliphatic heterocycles. The Hall–Kier alpha value is -1.11. The summed E-state index contributed by atoms with van der Waals surface area (Å²) in [6, 6.07) is 0.683. The van der Waals surface area contributed by atoms with Crippen LogP contribution in [0, 0.1) is 0 Å². The minimum absolute atomic E-state index is 0.683. The van der Waals surface area contributed by atoms with E-state index in [1.165, 1.54) is 12.8 Å². The molecule has 2 aliphatic rings. The highest BCUT2D eigenvalue weighted by Gasteiger charge is 2.46. The predicted molar refractivity (Wildman–Crippen MR) is 80.4 cm³/mol. The van der Waals surface area contributed by atoms with Crippen molar-refractivity contribution in [2.24, 2.45) is 0 Å². The highest BCUT2D eigenvalue weighted by Crippen LogP contribution is 2.41. The van der Waals surface area contributed by atoms with Gasteiger partial charge in [0.15, 0.2) is 5.75 Å². The first-order valence-corrected chi connectivity index (χ1v) is 7.75. The molecule has 1 aromatic heterocycles. The molecule has 2 heterocycles. The van der Waals surface area contributed by atoms with Crippen molar-refractivity contribution in [2.45, 2.75) is 37.5 Å². The summed E-state index contributed by atoms with van der Waals surface area (Å²) in [6.45, 7) is 3.31. The van der Waals surface area contributed by atoms with E-state index in [4.69, 9.17) is 4.74 Å².